The highest BCUT2D eigenvalue weighted by Gasteiger charge is 2.47. The summed E-state index contributed by atoms with van der Waals surface area (Å²) in [6, 6.07) is 4.02. The molecule has 2 atom stereocenters. The van der Waals surface area contributed by atoms with Crippen LogP contribution in [0.2, 0.25) is 0 Å². The fraction of sp³-hybridized carbons (Fsp3) is 0.588. The number of nitrogens with zero attached hydrogens (tertiary/aromatic N) is 1. The number of halogens is 3. The summed E-state index contributed by atoms with van der Waals surface area (Å²) in [7, 11) is -4.18. The van der Waals surface area contributed by atoms with Gasteiger partial charge in [0.2, 0.25) is 15.9 Å². The Morgan fingerprint density at radius 3 is 2.65 bits per heavy atom. The lowest BCUT2D eigenvalue weighted by atomic mass is 9.87. The standard InChI is InChI=1S/C17H21F3N2O3S/c18-14-7-2-1-6-13(14)15-16(23)21-9-10-22(15)26(24,25)11-12-5-3-4-8-17(12,19)20/h1-2,6-7,12,15H,3-5,8-11H2,(H,21,23). The lowest BCUT2D eigenvalue weighted by Gasteiger charge is -2.37. The molecule has 2 aliphatic rings. The largest absolute Gasteiger partial charge is 0.353 e. The number of carbonyl (C=O) groups is 1. The van der Waals surface area contributed by atoms with Gasteiger partial charge in [-0.25, -0.2) is 21.6 Å². The number of nitrogens with one attached hydrogen (secondary N) is 1. The molecule has 1 saturated heterocycles. The molecule has 3 rings (SSSR count). The molecule has 2 unspecified atom stereocenters. The molecule has 26 heavy (non-hydrogen) atoms. The van der Waals surface area contributed by atoms with Crippen LogP contribution >= 0.6 is 0 Å². The van der Waals surface area contributed by atoms with Crippen molar-refractivity contribution in [1.82, 2.24) is 9.62 Å². The lowest BCUT2D eigenvalue weighted by molar-refractivity contribution is -0.127. The van der Waals surface area contributed by atoms with Gasteiger partial charge in [-0.15, -0.1) is 0 Å². The van der Waals surface area contributed by atoms with Crippen molar-refractivity contribution in [3.05, 3.63) is 35.6 Å². The van der Waals surface area contributed by atoms with Gasteiger partial charge in [0.25, 0.3) is 5.92 Å². The molecule has 1 aromatic rings. The van der Waals surface area contributed by atoms with Crippen LogP contribution in [0.15, 0.2) is 24.3 Å². The van der Waals surface area contributed by atoms with E-state index in [9.17, 15) is 26.4 Å². The van der Waals surface area contributed by atoms with E-state index >= 15 is 0 Å². The van der Waals surface area contributed by atoms with E-state index in [-0.39, 0.29) is 31.5 Å². The summed E-state index contributed by atoms with van der Waals surface area (Å²) in [5, 5.41) is 2.52. The third-order valence-corrected chi connectivity index (χ3v) is 6.98. The first-order valence-electron chi connectivity index (χ1n) is 8.62. The van der Waals surface area contributed by atoms with E-state index in [2.05, 4.69) is 5.32 Å². The molecule has 1 N–H and O–H groups in total. The predicted octanol–water partition coefficient (Wildman–Crippen LogP) is 2.45. The Labute approximate surface area is 150 Å². The van der Waals surface area contributed by atoms with Gasteiger partial charge < -0.3 is 5.32 Å². The van der Waals surface area contributed by atoms with Gasteiger partial charge in [-0.05, 0) is 18.9 Å². The van der Waals surface area contributed by atoms with Gasteiger partial charge in [0.05, 0.1) is 5.75 Å². The second kappa shape index (κ2) is 7.19. The molecule has 5 nitrogen and oxygen atoms in total. The van der Waals surface area contributed by atoms with Gasteiger partial charge in [-0.1, -0.05) is 24.6 Å². The van der Waals surface area contributed by atoms with E-state index in [1.54, 1.807) is 0 Å². The van der Waals surface area contributed by atoms with Crippen molar-refractivity contribution in [3.63, 3.8) is 0 Å². The molecular formula is C17H21F3N2O3S. The summed E-state index contributed by atoms with van der Waals surface area (Å²) in [5.41, 5.74) is -0.0799. The smallest absolute Gasteiger partial charge is 0.251 e. The first-order chi connectivity index (χ1) is 12.2. The van der Waals surface area contributed by atoms with Crippen LogP contribution in [0.1, 0.15) is 37.3 Å². The Balaban J connectivity index is 1.91. The number of benzene rings is 1. The fourth-order valence-electron chi connectivity index (χ4n) is 3.66. The summed E-state index contributed by atoms with van der Waals surface area (Å²) >= 11 is 0. The number of rotatable bonds is 4. The van der Waals surface area contributed by atoms with Gasteiger partial charge >= 0.3 is 0 Å². The molecule has 2 fully saturated rings. The Hall–Kier alpha value is -1.61. The predicted molar refractivity (Wildman–Crippen MR) is 89.5 cm³/mol. The Morgan fingerprint density at radius 2 is 1.96 bits per heavy atom. The summed E-state index contributed by atoms with van der Waals surface area (Å²) in [5.74, 6) is -6.43. The highest BCUT2D eigenvalue weighted by atomic mass is 32.2. The average molecular weight is 390 g/mol. The molecular weight excluding hydrogens is 369 g/mol. The van der Waals surface area contributed by atoms with Gasteiger partial charge in [-0.2, -0.15) is 4.31 Å². The number of sulfonamides is 1. The maximum atomic E-state index is 14.2. The van der Waals surface area contributed by atoms with Crippen LogP contribution in [0.4, 0.5) is 13.2 Å². The highest BCUT2D eigenvalue weighted by Crippen LogP contribution is 2.40. The third-order valence-electron chi connectivity index (χ3n) is 5.05. The van der Waals surface area contributed by atoms with Crippen molar-refractivity contribution in [2.24, 2.45) is 5.92 Å². The number of piperazine rings is 1. The zero-order valence-corrected chi connectivity index (χ0v) is 14.9. The molecule has 1 aliphatic heterocycles. The van der Waals surface area contributed by atoms with Crippen molar-refractivity contribution in [2.75, 3.05) is 18.8 Å². The SMILES string of the molecule is O=C1NCCN(S(=O)(=O)CC2CCCCC2(F)F)C1c1ccccc1F. The third kappa shape index (κ3) is 3.73. The molecule has 0 bridgehead atoms. The van der Waals surface area contributed by atoms with E-state index in [1.165, 1.54) is 18.2 Å². The Kier molecular flexibility index (Phi) is 5.30. The lowest BCUT2D eigenvalue weighted by Crippen LogP contribution is -2.54. The molecule has 1 amide bonds. The van der Waals surface area contributed by atoms with Crippen LogP contribution in [0.5, 0.6) is 0 Å². The van der Waals surface area contributed by atoms with Gasteiger partial charge in [-0.3, -0.25) is 4.79 Å². The van der Waals surface area contributed by atoms with Crippen molar-refractivity contribution < 1.29 is 26.4 Å². The minimum absolute atomic E-state index is 0.0596. The second-order valence-corrected chi connectivity index (χ2v) is 8.77. The minimum atomic E-state index is -4.18. The zero-order valence-electron chi connectivity index (χ0n) is 14.1. The van der Waals surface area contributed by atoms with Crippen LogP contribution in [0, 0.1) is 11.7 Å². The van der Waals surface area contributed by atoms with E-state index in [0.717, 1.165) is 10.4 Å². The number of hydrogen-bond donors (Lipinski definition) is 1. The molecule has 1 saturated carbocycles. The monoisotopic (exact) mass is 390 g/mol. The summed E-state index contributed by atoms with van der Waals surface area (Å²) in [6.45, 7) is -0.0184. The van der Waals surface area contributed by atoms with Crippen LogP contribution in [-0.4, -0.2) is 43.4 Å². The quantitative estimate of drug-likeness (QED) is 0.859. The summed E-state index contributed by atoms with van der Waals surface area (Å²) in [6.07, 6.45) is 0.710. The first-order valence-corrected chi connectivity index (χ1v) is 10.2. The molecule has 144 valence electrons. The highest BCUT2D eigenvalue weighted by molar-refractivity contribution is 7.89. The van der Waals surface area contributed by atoms with Crippen molar-refractivity contribution in [3.8, 4) is 0 Å². The van der Waals surface area contributed by atoms with Crippen LogP contribution in [0.25, 0.3) is 0 Å². The van der Waals surface area contributed by atoms with Gasteiger partial charge in [0.1, 0.15) is 11.9 Å². The first kappa shape index (κ1) is 19.2. The average Bonchev–Trinajstić information content (AvgIpc) is 2.57. The van der Waals surface area contributed by atoms with Crippen molar-refractivity contribution in [1.29, 1.82) is 0 Å². The van der Waals surface area contributed by atoms with Crippen LogP contribution < -0.4 is 5.32 Å². The number of alkyl halides is 2. The number of amides is 1. The van der Waals surface area contributed by atoms with Crippen molar-refractivity contribution >= 4 is 15.9 Å². The zero-order chi connectivity index (χ0) is 18.9. The topological polar surface area (TPSA) is 66.5 Å². The molecule has 1 heterocycles. The van der Waals surface area contributed by atoms with E-state index in [1.807, 2.05) is 0 Å². The van der Waals surface area contributed by atoms with Crippen LogP contribution in [-0.2, 0) is 14.8 Å². The van der Waals surface area contributed by atoms with Crippen molar-refractivity contribution in [2.45, 2.75) is 37.6 Å². The minimum Gasteiger partial charge on any atom is -0.353 e. The normalized spacial score (nSPS) is 27.1. The fourth-order valence-corrected chi connectivity index (χ4v) is 5.67. The van der Waals surface area contributed by atoms with Gasteiger partial charge in [0, 0.05) is 31.0 Å². The van der Waals surface area contributed by atoms with E-state index in [0.29, 0.717) is 12.8 Å². The number of carbonyl (C=O) groups excluding carboxylic acids is 1. The molecule has 0 aromatic heterocycles. The molecule has 1 aromatic carbocycles. The molecule has 0 spiro atoms. The summed E-state index contributed by atoms with van der Waals surface area (Å²) in [4.78, 5) is 12.3. The maximum absolute atomic E-state index is 14.2. The van der Waals surface area contributed by atoms with E-state index < -0.39 is 45.4 Å². The van der Waals surface area contributed by atoms with E-state index in [4.69, 9.17) is 0 Å². The Bertz CT molecular complexity index is 785. The molecule has 0 radical (unpaired) electrons. The second-order valence-electron chi connectivity index (χ2n) is 6.81. The summed E-state index contributed by atoms with van der Waals surface area (Å²) < 4.78 is 69.0. The van der Waals surface area contributed by atoms with Gasteiger partial charge in [0.15, 0.2) is 0 Å². The molecule has 1 aliphatic carbocycles. The Morgan fingerprint density at radius 1 is 1.23 bits per heavy atom. The van der Waals surface area contributed by atoms with Crippen LogP contribution in [0.3, 0.4) is 0 Å². The molecule has 9 heteroatoms. The number of hydrogen-bond acceptors (Lipinski definition) is 3. The maximum Gasteiger partial charge on any atom is 0.251 e.